The second-order valence-electron chi connectivity index (χ2n) is 7.05. The Labute approximate surface area is 188 Å². The summed E-state index contributed by atoms with van der Waals surface area (Å²) >= 11 is 4.89. The molecule has 0 saturated carbocycles. The van der Waals surface area contributed by atoms with Gasteiger partial charge in [0.1, 0.15) is 5.75 Å². The first-order valence-electron chi connectivity index (χ1n) is 9.73. The number of methoxy groups -OCH3 is 1. The molecule has 0 bridgehead atoms. The second kappa shape index (κ2) is 9.59. The fraction of sp³-hybridized carbons (Fsp3) is 0.273. The Bertz CT molecular complexity index is 983. The van der Waals surface area contributed by atoms with Crippen molar-refractivity contribution in [2.45, 2.75) is 0 Å². The maximum atomic E-state index is 12.5. The summed E-state index contributed by atoms with van der Waals surface area (Å²) in [7, 11) is 1.67. The van der Waals surface area contributed by atoms with Crippen LogP contribution in [-0.2, 0) is 4.79 Å². The lowest BCUT2D eigenvalue weighted by molar-refractivity contribution is -0.117. The third-order valence-corrected chi connectivity index (χ3v) is 6.35. The molecule has 2 aromatic carbocycles. The minimum absolute atomic E-state index is 0.0235. The highest BCUT2D eigenvalue weighted by atomic mass is 79.9. The summed E-state index contributed by atoms with van der Waals surface area (Å²) < 4.78 is 6.25. The third kappa shape index (κ3) is 5.19. The number of amides is 1. The summed E-state index contributed by atoms with van der Waals surface area (Å²) in [6.07, 6.45) is 0. The van der Waals surface area contributed by atoms with Crippen LogP contribution in [-0.4, -0.2) is 55.6 Å². The predicted octanol–water partition coefficient (Wildman–Crippen LogP) is 4.34. The number of halogens is 1. The molecule has 0 radical (unpaired) electrons. The van der Waals surface area contributed by atoms with E-state index in [0.717, 1.165) is 47.7 Å². The highest BCUT2D eigenvalue weighted by molar-refractivity contribution is 9.10. The number of rotatable bonds is 6. The first kappa shape index (κ1) is 20.8. The quantitative estimate of drug-likeness (QED) is 0.561. The standard InChI is InChI=1S/C22H23BrN4O2S/c1-29-19-8-6-18(7-9-19)27-12-10-26(11-13-27)14-21(28)25-22-24-20(15-30-22)16-2-4-17(23)5-3-16/h2-9,15H,10-14H2,1H3,(H,24,25,28). The Morgan fingerprint density at radius 1 is 1.10 bits per heavy atom. The molecule has 6 nitrogen and oxygen atoms in total. The van der Waals surface area contributed by atoms with Crippen molar-refractivity contribution in [1.29, 1.82) is 0 Å². The van der Waals surface area contributed by atoms with Crippen LogP contribution in [0.25, 0.3) is 11.3 Å². The summed E-state index contributed by atoms with van der Waals surface area (Å²) in [6.45, 7) is 3.86. The summed E-state index contributed by atoms with van der Waals surface area (Å²) in [6, 6.07) is 16.1. The van der Waals surface area contributed by atoms with Gasteiger partial charge in [0.2, 0.25) is 5.91 Å². The van der Waals surface area contributed by atoms with Crippen LogP contribution in [0.2, 0.25) is 0 Å². The van der Waals surface area contributed by atoms with Crippen LogP contribution in [0, 0.1) is 0 Å². The van der Waals surface area contributed by atoms with E-state index in [1.54, 1.807) is 7.11 Å². The molecule has 30 heavy (non-hydrogen) atoms. The zero-order valence-corrected chi connectivity index (χ0v) is 19.1. The van der Waals surface area contributed by atoms with Gasteiger partial charge in [0.05, 0.1) is 19.3 Å². The van der Waals surface area contributed by atoms with Crippen molar-refractivity contribution < 1.29 is 9.53 Å². The zero-order chi connectivity index (χ0) is 20.9. The van der Waals surface area contributed by atoms with Crippen LogP contribution in [0.3, 0.4) is 0 Å². The van der Waals surface area contributed by atoms with Crippen LogP contribution >= 0.6 is 27.3 Å². The number of nitrogens with zero attached hydrogens (tertiary/aromatic N) is 3. The highest BCUT2D eigenvalue weighted by Gasteiger charge is 2.20. The third-order valence-electron chi connectivity index (χ3n) is 5.07. The van der Waals surface area contributed by atoms with E-state index in [1.165, 1.54) is 17.0 Å². The van der Waals surface area contributed by atoms with E-state index in [-0.39, 0.29) is 5.91 Å². The number of hydrogen-bond acceptors (Lipinski definition) is 6. The number of ether oxygens (including phenoxy) is 1. The smallest absolute Gasteiger partial charge is 0.240 e. The first-order chi connectivity index (χ1) is 14.6. The van der Waals surface area contributed by atoms with E-state index >= 15 is 0 Å². The number of nitrogens with one attached hydrogen (secondary N) is 1. The van der Waals surface area contributed by atoms with Gasteiger partial charge in [-0.05, 0) is 36.4 Å². The van der Waals surface area contributed by atoms with Gasteiger partial charge < -0.3 is 15.0 Å². The maximum Gasteiger partial charge on any atom is 0.240 e. The van der Waals surface area contributed by atoms with E-state index in [2.05, 4.69) is 48.2 Å². The zero-order valence-electron chi connectivity index (χ0n) is 16.7. The summed E-state index contributed by atoms with van der Waals surface area (Å²) in [5.41, 5.74) is 3.09. The first-order valence-corrected chi connectivity index (χ1v) is 11.4. The van der Waals surface area contributed by atoms with E-state index < -0.39 is 0 Å². The molecule has 0 unspecified atom stereocenters. The molecule has 1 aromatic heterocycles. The summed E-state index contributed by atoms with van der Waals surface area (Å²) in [5, 5.41) is 5.54. The molecule has 0 aliphatic carbocycles. The molecule has 1 aliphatic rings. The molecule has 156 valence electrons. The number of benzene rings is 2. The topological polar surface area (TPSA) is 57.7 Å². The number of anilines is 2. The Morgan fingerprint density at radius 2 is 1.80 bits per heavy atom. The lowest BCUT2D eigenvalue weighted by Crippen LogP contribution is -2.48. The lowest BCUT2D eigenvalue weighted by atomic mass is 10.2. The Balaban J connectivity index is 1.26. The van der Waals surface area contributed by atoms with Crippen molar-refractivity contribution in [3.05, 3.63) is 58.4 Å². The van der Waals surface area contributed by atoms with Gasteiger partial charge >= 0.3 is 0 Å². The average Bonchev–Trinajstić information content (AvgIpc) is 3.23. The van der Waals surface area contributed by atoms with E-state index in [4.69, 9.17) is 4.74 Å². The number of aromatic nitrogens is 1. The van der Waals surface area contributed by atoms with Crippen molar-refractivity contribution in [2.75, 3.05) is 50.1 Å². The molecule has 4 rings (SSSR count). The Kier molecular flexibility index (Phi) is 6.66. The van der Waals surface area contributed by atoms with Crippen molar-refractivity contribution in [2.24, 2.45) is 0 Å². The minimum Gasteiger partial charge on any atom is -0.497 e. The second-order valence-corrected chi connectivity index (χ2v) is 8.83. The number of carbonyl (C=O) groups excluding carboxylic acids is 1. The minimum atomic E-state index is -0.0235. The normalized spacial score (nSPS) is 14.5. The van der Waals surface area contributed by atoms with E-state index in [0.29, 0.717) is 11.7 Å². The predicted molar refractivity (Wildman–Crippen MR) is 126 cm³/mol. The average molecular weight is 487 g/mol. The summed E-state index contributed by atoms with van der Waals surface area (Å²) in [4.78, 5) is 21.5. The van der Waals surface area contributed by atoms with Crippen molar-refractivity contribution in [3.8, 4) is 17.0 Å². The SMILES string of the molecule is COc1ccc(N2CCN(CC(=O)Nc3nc(-c4ccc(Br)cc4)cs3)CC2)cc1. The molecule has 1 N–H and O–H groups in total. The highest BCUT2D eigenvalue weighted by Crippen LogP contribution is 2.26. The van der Waals surface area contributed by atoms with Crippen molar-refractivity contribution in [3.63, 3.8) is 0 Å². The maximum absolute atomic E-state index is 12.5. The van der Waals surface area contributed by atoms with Crippen LogP contribution in [0.15, 0.2) is 58.4 Å². The van der Waals surface area contributed by atoms with E-state index in [9.17, 15) is 4.79 Å². The fourth-order valence-electron chi connectivity index (χ4n) is 3.40. The van der Waals surface area contributed by atoms with Crippen LogP contribution in [0.1, 0.15) is 0 Å². The van der Waals surface area contributed by atoms with Gasteiger partial charge in [-0.25, -0.2) is 4.98 Å². The monoisotopic (exact) mass is 486 g/mol. The molecule has 0 spiro atoms. The van der Waals surface area contributed by atoms with E-state index in [1.807, 2.05) is 41.8 Å². The molecule has 1 aliphatic heterocycles. The van der Waals surface area contributed by atoms with Crippen LogP contribution in [0.5, 0.6) is 5.75 Å². The molecule has 1 fully saturated rings. The number of hydrogen-bond donors (Lipinski definition) is 1. The fourth-order valence-corrected chi connectivity index (χ4v) is 4.40. The van der Waals surface area contributed by atoms with Gasteiger partial charge in [0, 0.05) is 47.3 Å². The van der Waals surface area contributed by atoms with Gasteiger partial charge in [0.15, 0.2) is 5.13 Å². The molecule has 2 heterocycles. The summed E-state index contributed by atoms with van der Waals surface area (Å²) in [5.74, 6) is 0.837. The molecule has 0 atom stereocenters. The Morgan fingerprint density at radius 3 is 2.47 bits per heavy atom. The number of thiazole rings is 1. The van der Waals surface area contributed by atoms with Gasteiger partial charge in [-0.15, -0.1) is 11.3 Å². The van der Waals surface area contributed by atoms with Crippen LogP contribution in [0.4, 0.5) is 10.8 Å². The Hall–Kier alpha value is -2.42. The molecule has 1 saturated heterocycles. The number of carbonyl (C=O) groups is 1. The van der Waals surface area contributed by atoms with Crippen molar-refractivity contribution in [1.82, 2.24) is 9.88 Å². The van der Waals surface area contributed by atoms with Gasteiger partial charge in [-0.3, -0.25) is 9.69 Å². The molecule has 8 heteroatoms. The van der Waals surface area contributed by atoms with Crippen molar-refractivity contribution >= 4 is 44.0 Å². The van der Waals surface area contributed by atoms with Gasteiger partial charge in [-0.1, -0.05) is 28.1 Å². The van der Waals surface area contributed by atoms with Crippen LogP contribution < -0.4 is 15.0 Å². The number of piperazine rings is 1. The largest absolute Gasteiger partial charge is 0.497 e. The molecule has 3 aromatic rings. The molecular weight excluding hydrogens is 464 g/mol. The van der Waals surface area contributed by atoms with Gasteiger partial charge in [-0.2, -0.15) is 0 Å². The lowest BCUT2D eigenvalue weighted by Gasteiger charge is -2.35. The molecular formula is C22H23BrN4O2S. The van der Waals surface area contributed by atoms with Gasteiger partial charge in [0.25, 0.3) is 0 Å². The molecule has 1 amide bonds.